The normalized spacial score (nSPS) is 7.33. The highest BCUT2D eigenvalue weighted by Gasteiger charge is 1.56. The highest BCUT2D eigenvalue weighted by Crippen LogP contribution is 1.65. The number of hydrogen-bond donors (Lipinski definition) is 0. The first-order valence-corrected chi connectivity index (χ1v) is 5.20. The van der Waals surface area contributed by atoms with E-state index in [-0.39, 0.29) is 0 Å². The molecular weight excluding hydrogens is 104 g/mol. The van der Waals surface area contributed by atoms with Crippen LogP contribution in [0, 0.1) is 11.8 Å². The van der Waals surface area contributed by atoms with E-state index in [1.807, 2.05) is 0 Å². The minimum atomic E-state index is 1.16. The molecule has 0 heterocycles. The number of hydrogen-bond acceptors (Lipinski definition) is 0. The van der Waals surface area contributed by atoms with Crippen molar-refractivity contribution in [3.05, 3.63) is 0 Å². The van der Waals surface area contributed by atoms with Gasteiger partial charge in [-0.1, -0.05) is 0 Å². The minimum Gasteiger partial charge on any atom is -0.108 e. The molecule has 0 bridgehead atoms. The molecule has 2 heteroatoms. The Hall–Kier alpha value is -0.00623. The van der Waals surface area contributed by atoms with Crippen molar-refractivity contribution in [1.29, 1.82) is 0 Å². The third kappa shape index (κ3) is 3.99. The number of rotatable bonds is 0. The topological polar surface area (TPSA) is 0 Å². The van der Waals surface area contributed by atoms with Crippen LogP contribution in [0.2, 0.25) is 12.1 Å². The van der Waals surface area contributed by atoms with Crippen LogP contribution in [0.3, 0.4) is 0 Å². The van der Waals surface area contributed by atoms with Crippen molar-refractivity contribution < 1.29 is 0 Å². The summed E-state index contributed by atoms with van der Waals surface area (Å²) in [6.45, 7) is 0. The summed E-state index contributed by atoms with van der Waals surface area (Å²) in [7, 11) is 2.49. The minimum absolute atomic E-state index is 1.16. The highest BCUT2D eigenvalue weighted by atomic mass is 28.1. The third-order valence-electron chi connectivity index (χ3n) is 0.479. The molecule has 6 heavy (non-hydrogen) atoms. The van der Waals surface area contributed by atoms with Crippen LogP contribution in [0.1, 0.15) is 0 Å². The van der Waals surface area contributed by atoms with E-state index in [9.17, 15) is 0 Å². The van der Waals surface area contributed by atoms with Gasteiger partial charge in [-0.2, -0.15) is 0 Å². The van der Waals surface area contributed by atoms with Gasteiger partial charge in [-0.15, -0.1) is 11.8 Å². The summed E-state index contributed by atoms with van der Waals surface area (Å²) in [5.74, 6) is 6.09. The first-order chi connectivity index (χ1) is 2.91. The molecule has 0 radical (unpaired) electrons. The van der Waals surface area contributed by atoms with Crippen molar-refractivity contribution in [2.24, 2.45) is 0 Å². The van der Waals surface area contributed by atoms with Gasteiger partial charge in [-0.25, -0.2) is 0 Å². The van der Waals surface area contributed by atoms with Crippen molar-refractivity contribution in [3.8, 4) is 11.8 Å². The van der Waals surface area contributed by atoms with Crippen molar-refractivity contribution in [2.75, 3.05) is 0 Å². The maximum Gasteiger partial charge on any atom is 0.0178 e. The SMILES string of the molecule is [SiH3]CC#CC[SiH3]. The van der Waals surface area contributed by atoms with Gasteiger partial charge in [0.25, 0.3) is 0 Å². The zero-order chi connectivity index (χ0) is 4.83. The standard InChI is InChI=1S/C4H10Si2/c5-3-1-2-4-6/h3-4H2,5-6H3. The lowest BCUT2D eigenvalue weighted by Crippen LogP contribution is -1.59. The van der Waals surface area contributed by atoms with Crippen LogP contribution >= 0.6 is 0 Å². The monoisotopic (exact) mass is 114 g/mol. The quantitative estimate of drug-likeness (QED) is 0.267. The predicted molar refractivity (Wildman–Crippen MR) is 37.3 cm³/mol. The molecule has 0 aliphatic rings. The molecule has 0 unspecified atom stereocenters. The van der Waals surface area contributed by atoms with E-state index in [2.05, 4.69) is 11.8 Å². The van der Waals surface area contributed by atoms with Crippen LogP contribution < -0.4 is 0 Å². The molecule has 0 aliphatic heterocycles. The van der Waals surface area contributed by atoms with E-state index in [1.54, 1.807) is 0 Å². The Morgan fingerprint density at radius 2 is 1.33 bits per heavy atom. The Bertz CT molecular complexity index is 59.4. The Morgan fingerprint density at radius 3 is 1.50 bits per heavy atom. The van der Waals surface area contributed by atoms with Gasteiger partial charge in [-0.3, -0.25) is 0 Å². The molecule has 0 N–H and O–H groups in total. The first kappa shape index (κ1) is 5.99. The van der Waals surface area contributed by atoms with Crippen LogP contribution in [0.15, 0.2) is 0 Å². The van der Waals surface area contributed by atoms with Gasteiger partial charge < -0.3 is 0 Å². The highest BCUT2D eigenvalue weighted by molar-refractivity contribution is 6.11. The van der Waals surface area contributed by atoms with Crippen molar-refractivity contribution in [1.82, 2.24) is 0 Å². The van der Waals surface area contributed by atoms with Gasteiger partial charge in [0.05, 0.1) is 0 Å². The van der Waals surface area contributed by atoms with E-state index in [0.717, 1.165) is 12.1 Å². The Balaban J connectivity index is 2.90. The van der Waals surface area contributed by atoms with Crippen molar-refractivity contribution >= 4 is 20.5 Å². The molecule has 0 atom stereocenters. The fourth-order valence-corrected chi connectivity index (χ4v) is 0.750. The molecule has 0 saturated carbocycles. The molecule has 0 aromatic carbocycles. The van der Waals surface area contributed by atoms with Gasteiger partial charge in [-0.05, 0) is 12.1 Å². The molecule has 0 amide bonds. The van der Waals surface area contributed by atoms with Crippen LogP contribution in [-0.2, 0) is 0 Å². The fraction of sp³-hybridized carbons (Fsp3) is 0.500. The molecule has 0 aliphatic carbocycles. The summed E-state index contributed by atoms with van der Waals surface area (Å²) in [5.41, 5.74) is 0. The molecule has 0 rings (SSSR count). The largest absolute Gasteiger partial charge is 0.108 e. The van der Waals surface area contributed by atoms with E-state index < -0.39 is 0 Å². The average Bonchev–Trinajstić information content (AvgIpc) is 1.61. The molecule has 0 fully saturated rings. The molecule has 0 spiro atoms. The van der Waals surface area contributed by atoms with E-state index in [0.29, 0.717) is 0 Å². The van der Waals surface area contributed by atoms with Gasteiger partial charge in [0.15, 0.2) is 0 Å². The van der Waals surface area contributed by atoms with Crippen molar-refractivity contribution in [2.45, 2.75) is 12.1 Å². The Kier molecular flexibility index (Phi) is 4.99. The van der Waals surface area contributed by atoms with Gasteiger partial charge in [0.1, 0.15) is 0 Å². The Morgan fingerprint density at radius 1 is 1.00 bits per heavy atom. The maximum atomic E-state index is 3.04. The molecule has 0 aromatic heterocycles. The molecule has 0 nitrogen and oxygen atoms in total. The maximum absolute atomic E-state index is 3.04. The smallest absolute Gasteiger partial charge is 0.0178 e. The van der Waals surface area contributed by atoms with Gasteiger partial charge in [0.2, 0.25) is 0 Å². The summed E-state index contributed by atoms with van der Waals surface area (Å²) in [6.07, 6.45) is 0. The fourth-order valence-electron chi connectivity index (χ4n) is 0.250. The predicted octanol–water partition coefficient (Wildman–Crippen LogP) is -1.44. The van der Waals surface area contributed by atoms with Crippen LogP contribution in [0.5, 0.6) is 0 Å². The Labute approximate surface area is 45.2 Å². The summed E-state index contributed by atoms with van der Waals surface area (Å²) < 4.78 is 0. The second-order valence-electron chi connectivity index (χ2n) is 1.06. The lowest BCUT2D eigenvalue weighted by molar-refractivity contribution is 1.79. The summed E-state index contributed by atoms with van der Waals surface area (Å²) in [6, 6.07) is 2.31. The second kappa shape index (κ2) is 4.99. The zero-order valence-corrected chi connectivity index (χ0v) is 8.41. The summed E-state index contributed by atoms with van der Waals surface area (Å²) >= 11 is 0. The second-order valence-corrected chi connectivity index (χ2v) is 2.47. The van der Waals surface area contributed by atoms with E-state index in [1.165, 1.54) is 20.5 Å². The van der Waals surface area contributed by atoms with Crippen LogP contribution in [-0.4, -0.2) is 20.5 Å². The van der Waals surface area contributed by atoms with Gasteiger partial charge >= 0.3 is 0 Å². The first-order valence-electron chi connectivity index (χ1n) is 2.37. The lowest BCUT2D eigenvalue weighted by atomic mass is 10.7. The lowest BCUT2D eigenvalue weighted by Gasteiger charge is -1.65. The van der Waals surface area contributed by atoms with Crippen LogP contribution in [0.25, 0.3) is 0 Å². The van der Waals surface area contributed by atoms with Crippen molar-refractivity contribution in [3.63, 3.8) is 0 Å². The average molecular weight is 114 g/mol. The molecule has 34 valence electrons. The van der Waals surface area contributed by atoms with Crippen LogP contribution in [0.4, 0.5) is 0 Å². The molecule has 0 aromatic rings. The van der Waals surface area contributed by atoms with Gasteiger partial charge in [0, 0.05) is 20.5 Å². The zero-order valence-electron chi connectivity index (χ0n) is 4.41. The summed E-state index contributed by atoms with van der Waals surface area (Å²) in [4.78, 5) is 0. The third-order valence-corrected chi connectivity index (χ3v) is 1.19. The molecular formula is C4H10Si2. The summed E-state index contributed by atoms with van der Waals surface area (Å²) in [5, 5.41) is 0. The van der Waals surface area contributed by atoms with E-state index in [4.69, 9.17) is 0 Å². The molecule has 0 saturated heterocycles. The van der Waals surface area contributed by atoms with E-state index >= 15 is 0 Å².